The second kappa shape index (κ2) is 9.04. The maximum absolute atomic E-state index is 11.9. The van der Waals surface area contributed by atoms with Gasteiger partial charge in [-0.2, -0.15) is 0 Å². The standard InChI is InChI=1S/C23H22Cl2N2O2/c24-17-7-8-22-19(14-17)21(15-23(28)29-22)26-18-9-12-27(13-10-18)11-3-5-16-4-1-2-6-20(16)25/h1-8,14-15,18,26H,9-13H2. The molecule has 1 fully saturated rings. The second-order valence-corrected chi connectivity index (χ2v) is 8.11. The lowest BCUT2D eigenvalue weighted by Crippen LogP contribution is -2.39. The van der Waals surface area contributed by atoms with Crippen molar-refractivity contribution in [3.8, 4) is 0 Å². The molecule has 0 bridgehead atoms. The van der Waals surface area contributed by atoms with E-state index in [9.17, 15) is 4.79 Å². The zero-order valence-electron chi connectivity index (χ0n) is 15.9. The molecule has 0 aliphatic carbocycles. The lowest BCUT2D eigenvalue weighted by molar-refractivity contribution is 0.240. The van der Waals surface area contributed by atoms with E-state index in [0.717, 1.165) is 54.1 Å². The molecular weight excluding hydrogens is 407 g/mol. The Morgan fingerprint density at radius 3 is 2.69 bits per heavy atom. The van der Waals surface area contributed by atoms with Gasteiger partial charge in [-0.05, 0) is 42.7 Å². The maximum atomic E-state index is 11.9. The summed E-state index contributed by atoms with van der Waals surface area (Å²) >= 11 is 12.3. The monoisotopic (exact) mass is 428 g/mol. The summed E-state index contributed by atoms with van der Waals surface area (Å²) in [6.45, 7) is 2.88. The number of nitrogens with zero attached hydrogens (tertiary/aromatic N) is 1. The molecule has 1 saturated heterocycles. The summed E-state index contributed by atoms with van der Waals surface area (Å²) in [7, 11) is 0. The first-order valence-electron chi connectivity index (χ1n) is 9.72. The Morgan fingerprint density at radius 2 is 1.90 bits per heavy atom. The number of halogens is 2. The highest BCUT2D eigenvalue weighted by Gasteiger charge is 2.19. The third kappa shape index (κ3) is 5.02. The molecule has 0 radical (unpaired) electrons. The summed E-state index contributed by atoms with van der Waals surface area (Å²) in [6, 6.07) is 15.0. The third-order valence-electron chi connectivity index (χ3n) is 5.22. The van der Waals surface area contributed by atoms with Gasteiger partial charge < -0.3 is 9.73 Å². The predicted molar refractivity (Wildman–Crippen MR) is 121 cm³/mol. The van der Waals surface area contributed by atoms with Gasteiger partial charge >= 0.3 is 5.63 Å². The van der Waals surface area contributed by atoms with Crippen LogP contribution in [-0.2, 0) is 0 Å². The Kier molecular flexibility index (Phi) is 6.24. The van der Waals surface area contributed by atoms with E-state index in [2.05, 4.69) is 22.4 Å². The van der Waals surface area contributed by atoms with Crippen LogP contribution >= 0.6 is 23.2 Å². The highest BCUT2D eigenvalue weighted by Crippen LogP contribution is 2.27. The van der Waals surface area contributed by atoms with Crippen LogP contribution in [0.25, 0.3) is 17.0 Å². The Morgan fingerprint density at radius 1 is 1.10 bits per heavy atom. The first-order chi connectivity index (χ1) is 14.1. The van der Waals surface area contributed by atoms with Crippen molar-refractivity contribution in [2.24, 2.45) is 0 Å². The van der Waals surface area contributed by atoms with E-state index >= 15 is 0 Å². The van der Waals surface area contributed by atoms with Crippen LogP contribution in [0.3, 0.4) is 0 Å². The van der Waals surface area contributed by atoms with E-state index in [0.29, 0.717) is 16.6 Å². The zero-order chi connectivity index (χ0) is 20.2. The number of hydrogen-bond donors (Lipinski definition) is 1. The molecule has 0 atom stereocenters. The fraction of sp³-hybridized carbons (Fsp3) is 0.261. The van der Waals surface area contributed by atoms with E-state index in [4.69, 9.17) is 27.6 Å². The Balaban J connectivity index is 1.36. The number of benzene rings is 2. The van der Waals surface area contributed by atoms with Crippen LogP contribution in [0.1, 0.15) is 18.4 Å². The first kappa shape index (κ1) is 20.0. The SMILES string of the molecule is O=c1cc(NC2CCN(CC=Cc3ccccc3Cl)CC2)c2cc(Cl)ccc2o1. The number of hydrogen-bond acceptors (Lipinski definition) is 4. The molecule has 1 aromatic heterocycles. The van der Waals surface area contributed by atoms with Crippen molar-refractivity contribution in [1.82, 2.24) is 4.90 Å². The molecule has 2 heterocycles. The average Bonchev–Trinajstić information content (AvgIpc) is 2.71. The Bertz CT molecular complexity index is 1090. The van der Waals surface area contributed by atoms with Crippen LogP contribution < -0.4 is 10.9 Å². The zero-order valence-corrected chi connectivity index (χ0v) is 17.4. The van der Waals surface area contributed by atoms with Crippen LogP contribution in [0.2, 0.25) is 10.0 Å². The van der Waals surface area contributed by atoms with Crippen molar-refractivity contribution in [2.45, 2.75) is 18.9 Å². The quantitative estimate of drug-likeness (QED) is 0.530. The van der Waals surface area contributed by atoms with Crippen molar-refractivity contribution < 1.29 is 4.42 Å². The lowest BCUT2D eigenvalue weighted by atomic mass is 10.0. The van der Waals surface area contributed by atoms with Crippen molar-refractivity contribution in [1.29, 1.82) is 0 Å². The van der Waals surface area contributed by atoms with Gasteiger partial charge in [0.05, 0.1) is 5.69 Å². The normalized spacial score (nSPS) is 15.9. The Labute approximate surface area is 179 Å². The van der Waals surface area contributed by atoms with Crippen LogP contribution in [0, 0.1) is 0 Å². The van der Waals surface area contributed by atoms with Gasteiger partial charge in [0.2, 0.25) is 0 Å². The van der Waals surface area contributed by atoms with E-state index in [-0.39, 0.29) is 5.63 Å². The number of likely N-dealkylation sites (tertiary alicyclic amines) is 1. The Hall–Kier alpha value is -2.27. The molecule has 4 nitrogen and oxygen atoms in total. The molecule has 1 N–H and O–H groups in total. The van der Waals surface area contributed by atoms with E-state index in [1.165, 1.54) is 6.07 Å². The minimum atomic E-state index is -0.357. The highest BCUT2D eigenvalue weighted by atomic mass is 35.5. The van der Waals surface area contributed by atoms with Crippen molar-refractivity contribution in [3.63, 3.8) is 0 Å². The molecule has 0 unspecified atom stereocenters. The minimum absolute atomic E-state index is 0.308. The summed E-state index contributed by atoms with van der Waals surface area (Å²) in [5.41, 5.74) is 2.02. The van der Waals surface area contributed by atoms with Gasteiger partial charge in [0.15, 0.2) is 0 Å². The number of anilines is 1. The summed E-state index contributed by atoms with van der Waals surface area (Å²) in [6.07, 6.45) is 6.24. The molecule has 3 aromatic rings. The largest absolute Gasteiger partial charge is 0.423 e. The van der Waals surface area contributed by atoms with E-state index in [1.807, 2.05) is 30.3 Å². The van der Waals surface area contributed by atoms with Crippen molar-refractivity contribution in [2.75, 3.05) is 25.0 Å². The minimum Gasteiger partial charge on any atom is -0.423 e. The molecule has 150 valence electrons. The van der Waals surface area contributed by atoms with Gasteiger partial charge in [-0.15, -0.1) is 0 Å². The van der Waals surface area contributed by atoms with Crippen molar-refractivity contribution in [3.05, 3.63) is 80.6 Å². The summed E-state index contributed by atoms with van der Waals surface area (Å²) in [5, 5.41) is 5.75. The highest BCUT2D eigenvalue weighted by molar-refractivity contribution is 6.32. The average molecular weight is 429 g/mol. The van der Waals surface area contributed by atoms with Gasteiger partial charge in [-0.1, -0.05) is 53.6 Å². The van der Waals surface area contributed by atoms with E-state index in [1.54, 1.807) is 12.1 Å². The molecule has 0 saturated carbocycles. The topological polar surface area (TPSA) is 45.5 Å². The van der Waals surface area contributed by atoms with Crippen molar-refractivity contribution >= 4 is 45.9 Å². The smallest absolute Gasteiger partial charge is 0.338 e. The van der Waals surface area contributed by atoms with Gasteiger partial charge in [0.25, 0.3) is 0 Å². The second-order valence-electron chi connectivity index (χ2n) is 7.26. The van der Waals surface area contributed by atoms with Gasteiger partial charge in [-0.25, -0.2) is 4.79 Å². The fourth-order valence-electron chi connectivity index (χ4n) is 3.67. The van der Waals surface area contributed by atoms with Crippen LogP contribution in [0.4, 0.5) is 5.69 Å². The molecule has 1 aliphatic rings. The molecule has 6 heteroatoms. The number of nitrogens with one attached hydrogen (secondary N) is 1. The summed E-state index contributed by atoms with van der Waals surface area (Å²) in [4.78, 5) is 14.3. The lowest BCUT2D eigenvalue weighted by Gasteiger charge is -2.32. The molecular formula is C23H22Cl2N2O2. The summed E-state index contributed by atoms with van der Waals surface area (Å²) in [5.74, 6) is 0. The first-order valence-corrected chi connectivity index (χ1v) is 10.5. The van der Waals surface area contributed by atoms with Gasteiger partial charge in [-0.3, -0.25) is 4.90 Å². The number of rotatable bonds is 5. The van der Waals surface area contributed by atoms with Gasteiger partial charge in [0.1, 0.15) is 5.58 Å². The predicted octanol–water partition coefficient (Wildman–Crippen LogP) is 5.69. The molecule has 1 aliphatic heterocycles. The maximum Gasteiger partial charge on any atom is 0.338 e. The molecule has 0 amide bonds. The number of piperidine rings is 1. The molecule has 4 rings (SSSR count). The fourth-order valence-corrected chi connectivity index (χ4v) is 4.04. The van der Waals surface area contributed by atoms with Crippen LogP contribution in [0.15, 0.2) is 63.8 Å². The third-order valence-corrected chi connectivity index (χ3v) is 5.80. The molecule has 29 heavy (non-hydrogen) atoms. The summed E-state index contributed by atoms with van der Waals surface area (Å²) < 4.78 is 5.27. The van der Waals surface area contributed by atoms with Crippen LogP contribution in [0.5, 0.6) is 0 Å². The molecule has 2 aromatic carbocycles. The van der Waals surface area contributed by atoms with E-state index < -0.39 is 0 Å². The molecule has 0 spiro atoms. The van der Waals surface area contributed by atoms with Crippen LogP contribution in [-0.4, -0.2) is 30.6 Å². The van der Waals surface area contributed by atoms with Gasteiger partial charge in [0, 0.05) is 47.2 Å². The number of fused-ring (bicyclic) bond motifs is 1.